The van der Waals surface area contributed by atoms with E-state index in [1.54, 1.807) is 0 Å². The molecule has 0 heterocycles. The number of carbonyl (C=O) groups excluding carboxylic acids is 1. The second kappa shape index (κ2) is 5.55. The smallest absolute Gasteiger partial charge is 0.313 e. The summed E-state index contributed by atoms with van der Waals surface area (Å²) in [6.45, 7) is 4.11. The van der Waals surface area contributed by atoms with Crippen LogP contribution in [0, 0.1) is 5.92 Å². The van der Waals surface area contributed by atoms with Crippen LogP contribution in [-0.4, -0.2) is 13.1 Å². The van der Waals surface area contributed by atoms with Crippen LogP contribution in [0.5, 0.6) is 0 Å². The second-order valence-electron chi connectivity index (χ2n) is 5.54. The molecule has 18 heavy (non-hydrogen) atoms. The van der Waals surface area contributed by atoms with Gasteiger partial charge in [0.05, 0.1) is 13.0 Å². The fraction of sp³-hybridized carbons (Fsp3) is 0.562. The van der Waals surface area contributed by atoms with E-state index in [0.717, 1.165) is 11.5 Å². The fourth-order valence-corrected chi connectivity index (χ4v) is 2.64. The van der Waals surface area contributed by atoms with Crippen molar-refractivity contribution in [3.05, 3.63) is 35.4 Å². The first-order chi connectivity index (χ1) is 8.63. The average Bonchev–Trinajstić information content (AvgIpc) is 2.28. The summed E-state index contributed by atoms with van der Waals surface area (Å²) in [5.41, 5.74) is 2.48. The number of rotatable bonds is 4. The number of hydrogen-bond acceptors (Lipinski definition) is 2. The maximum Gasteiger partial charge on any atom is 0.313 e. The predicted molar refractivity (Wildman–Crippen MR) is 72.6 cm³/mol. The molecule has 1 aromatic rings. The van der Waals surface area contributed by atoms with Gasteiger partial charge in [0.15, 0.2) is 0 Å². The summed E-state index contributed by atoms with van der Waals surface area (Å²) in [5.74, 6) is 0.716. The van der Waals surface area contributed by atoms with Gasteiger partial charge in [-0.15, -0.1) is 0 Å². The van der Waals surface area contributed by atoms with Crippen LogP contribution in [0.2, 0.25) is 0 Å². The Labute approximate surface area is 109 Å². The number of methoxy groups -OCH3 is 1. The number of esters is 1. The van der Waals surface area contributed by atoms with E-state index in [1.807, 2.05) is 0 Å². The van der Waals surface area contributed by atoms with Gasteiger partial charge in [0.25, 0.3) is 0 Å². The van der Waals surface area contributed by atoms with Gasteiger partial charge in [0, 0.05) is 0 Å². The lowest BCUT2D eigenvalue weighted by atomic mass is 9.79. The minimum absolute atomic E-state index is 0.138. The monoisotopic (exact) mass is 246 g/mol. The molecule has 1 aromatic carbocycles. The fourth-order valence-electron chi connectivity index (χ4n) is 2.64. The molecule has 0 N–H and O–H groups in total. The van der Waals surface area contributed by atoms with E-state index in [1.165, 1.54) is 31.9 Å². The van der Waals surface area contributed by atoms with Gasteiger partial charge in [-0.05, 0) is 35.8 Å². The van der Waals surface area contributed by atoms with Gasteiger partial charge in [-0.1, -0.05) is 44.5 Å². The standard InChI is InChI=1S/C16H22O2/c1-11(2)15(16(17)18-3)14-9-7-13(8-10-14)12-5-4-6-12/h7-12,15H,4-6H2,1-3H3. The van der Waals surface area contributed by atoms with Crippen molar-refractivity contribution in [1.82, 2.24) is 0 Å². The Bertz CT molecular complexity index is 402. The first kappa shape index (κ1) is 13.1. The Morgan fingerprint density at radius 1 is 1.22 bits per heavy atom. The van der Waals surface area contributed by atoms with Crippen LogP contribution in [0.3, 0.4) is 0 Å². The number of ether oxygens (including phenoxy) is 1. The van der Waals surface area contributed by atoms with Crippen LogP contribution >= 0.6 is 0 Å². The molecule has 0 spiro atoms. The van der Waals surface area contributed by atoms with E-state index in [0.29, 0.717) is 0 Å². The van der Waals surface area contributed by atoms with E-state index in [4.69, 9.17) is 4.74 Å². The van der Waals surface area contributed by atoms with Crippen molar-refractivity contribution in [1.29, 1.82) is 0 Å². The van der Waals surface area contributed by atoms with Gasteiger partial charge in [-0.25, -0.2) is 0 Å². The maximum atomic E-state index is 11.8. The highest BCUT2D eigenvalue weighted by molar-refractivity contribution is 5.78. The molecule has 1 fully saturated rings. The third-order valence-corrected chi connectivity index (χ3v) is 3.99. The Balaban J connectivity index is 2.17. The van der Waals surface area contributed by atoms with Crippen molar-refractivity contribution in [3.8, 4) is 0 Å². The van der Waals surface area contributed by atoms with Gasteiger partial charge in [0.2, 0.25) is 0 Å². The van der Waals surface area contributed by atoms with Crippen molar-refractivity contribution in [2.45, 2.75) is 44.9 Å². The van der Waals surface area contributed by atoms with E-state index in [-0.39, 0.29) is 17.8 Å². The van der Waals surface area contributed by atoms with Crippen molar-refractivity contribution < 1.29 is 9.53 Å². The summed E-state index contributed by atoms with van der Waals surface area (Å²) in [4.78, 5) is 11.8. The Morgan fingerprint density at radius 3 is 2.22 bits per heavy atom. The molecule has 1 aliphatic rings. The molecule has 0 radical (unpaired) electrons. The SMILES string of the molecule is COC(=O)C(c1ccc(C2CCC2)cc1)C(C)C. The third-order valence-electron chi connectivity index (χ3n) is 3.99. The van der Waals surface area contributed by atoms with E-state index in [9.17, 15) is 4.79 Å². The summed E-state index contributed by atoms with van der Waals surface area (Å²) >= 11 is 0. The molecule has 1 aliphatic carbocycles. The first-order valence-electron chi connectivity index (χ1n) is 6.81. The zero-order valence-corrected chi connectivity index (χ0v) is 11.5. The number of carbonyl (C=O) groups is 1. The van der Waals surface area contributed by atoms with Crippen molar-refractivity contribution in [2.24, 2.45) is 5.92 Å². The van der Waals surface area contributed by atoms with Gasteiger partial charge in [-0.3, -0.25) is 4.79 Å². The maximum absolute atomic E-state index is 11.8. The highest BCUT2D eigenvalue weighted by Crippen LogP contribution is 2.37. The summed E-state index contributed by atoms with van der Waals surface area (Å²) in [6.07, 6.45) is 3.97. The highest BCUT2D eigenvalue weighted by Gasteiger charge is 2.25. The van der Waals surface area contributed by atoms with Crippen LogP contribution in [0.4, 0.5) is 0 Å². The minimum Gasteiger partial charge on any atom is -0.469 e. The Kier molecular flexibility index (Phi) is 4.05. The lowest BCUT2D eigenvalue weighted by Crippen LogP contribution is -2.19. The van der Waals surface area contributed by atoms with Crippen molar-refractivity contribution >= 4 is 5.97 Å². The molecular weight excluding hydrogens is 224 g/mol. The molecule has 0 bridgehead atoms. The average molecular weight is 246 g/mol. The van der Waals surface area contributed by atoms with Crippen molar-refractivity contribution in [2.75, 3.05) is 7.11 Å². The van der Waals surface area contributed by atoms with Crippen LogP contribution in [0.1, 0.15) is 56.1 Å². The molecule has 1 saturated carbocycles. The van der Waals surface area contributed by atoms with E-state index >= 15 is 0 Å². The summed E-state index contributed by atoms with van der Waals surface area (Å²) in [5, 5.41) is 0. The lowest BCUT2D eigenvalue weighted by Gasteiger charge is -2.26. The predicted octanol–water partition coefficient (Wildman–Crippen LogP) is 3.87. The number of hydrogen-bond donors (Lipinski definition) is 0. The largest absolute Gasteiger partial charge is 0.469 e. The van der Waals surface area contributed by atoms with Crippen LogP contribution in [-0.2, 0) is 9.53 Å². The second-order valence-corrected chi connectivity index (χ2v) is 5.54. The van der Waals surface area contributed by atoms with Gasteiger partial charge in [-0.2, -0.15) is 0 Å². The third kappa shape index (κ3) is 2.58. The first-order valence-corrected chi connectivity index (χ1v) is 6.81. The molecular formula is C16H22O2. The number of benzene rings is 1. The van der Waals surface area contributed by atoms with Crippen LogP contribution in [0.15, 0.2) is 24.3 Å². The molecule has 0 amide bonds. The van der Waals surface area contributed by atoms with Gasteiger partial charge < -0.3 is 4.74 Å². The van der Waals surface area contributed by atoms with Gasteiger partial charge >= 0.3 is 5.97 Å². The molecule has 2 heteroatoms. The topological polar surface area (TPSA) is 26.3 Å². The zero-order valence-electron chi connectivity index (χ0n) is 11.5. The Morgan fingerprint density at radius 2 is 1.83 bits per heavy atom. The molecule has 0 aromatic heterocycles. The van der Waals surface area contributed by atoms with Crippen LogP contribution in [0.25, 0.3) is 0 Å². The Hall–Kier alpha value is -1.31. The molecule has 2 rings (SSSR count). The normalized spacial score (nSPS) is 17.3. The summed E-state index contributed by atoms with van der Waals surface area (Å²) in [7, 11) is 1.46. The van der Waals surface area contributed by atoms with Crippen LogP contribution < -0.4 is 0 Å². The molecule has 1 unspecified atom stereocenters. The minimum atomic E-state index is -0.148. The van der Waals surface area contributed by atoms with E-state index in [2.05, 4.69) is 38.1 Å². The quantitative estimate of drug-likeness (QED) is 0.754. The molecule has 2 nitrogen and oxygen atoms in total. The molecule has 0 aliphatic heterocycles. The van der Waals surface area contributed by atoms with Crippen molar-refractivity contribution in [3.63, 3.8) is 0 Å². The summed E-state index contributed by atoms with van der Waals surface area (Å²) in [6, 6.07) is 8.54. The highest BCUT2D eigenvalue weighted by atomic mass is 16.5. The lowest BCUT2D eigenvalue weighted by molar-refractivity contribution is -0.143. The van der Waals surface area contributed by atoms with Gasteiger partial charge in [0.1, 0.15) is 0 Å². The summed E-state index contributed by atoms with van der Waals surface area (Å²) < 4.78 is 4.90. The zero-order chi connectivity index (χ0) is 13.1. The molecule has 0 saturated heterocycles. The van der Waals surface area contributed by atoms with E-state index < -0.39 is 0 Å². The molecule has 98 valence electrons. The molecule has 1 atom stereocenters.